The second-order valence-electron chi connectivity index (χ2n) is 6.98. The number of aryl methyl sites for hydroxylation is 2. The third-order valence-electron chi connectivity index (χ3n) is 4.79. The highest BCUT2D eigenvalue weighted by atomic mass is 35.5. The molecule has 0 radical (unpaired) electrons. The van der Waals surface area contributed by atoms with E-state index in [1.165, 1.54) is 13.3 Å². The third-order valence-corrected chi connectivity index (χ3v) is 5.02. The Balaban J connectivity index is 1.70. The fraction of sp³-hybridized carbons (Fsp3) is 0.174. The van der Waals surface area contributed by atoms with Crippen molar-refractivity contribution < 1.29 is 14.3 Å². The summed E-state index contributed by atoms with van der Waals surface area (Å²) in [7, 11) is 1.52. The topological polar surface area (TPSA) is 84.7 Å². The van der Waals surface area contributed by atoms with Crippen LogP contribution in [0.25, 0.3) is 5.69 Å². The predicted octanol–water partition coefficient (Wildman–Crippen LogP) is 4.15. The highest BCUT2D eigenvalue weighted by Gasteiger charge is 2.14. The minimum Gasteiger partial charge on any atom is -0.497 e. The van der Waals surface area contributed by atoms with Gasteiger partial charge >= 0.3 is 11.8 Å². The van der Waals surface area contributed by atoms with Gasteiger partial charge in [0, 0.05) is 39.4 Å². The van der Waals surface area contributed by atoms with Crippen molar-refractivity contribution in [2.75, 3.05) is 12.4 Å². The molecule has 8 heteroatoms. The molecular formula is C23H23ClN4O3. The number of nitrogens with one attached hydrogen (secondary N) is 2. The molecule has 160 valence electrons. The van der Waals surface area contributed by atoms with Crippen LogP contribution in [0.4, 0.5) is 5.69 Å². The van der Waals surface area contributed by atoms with E-state index in [0.717, 1.165) is 28.2 Å². The van der Waals surface area contributed by atoms with Crippen LogP contribution in [0, 0.1) is 20.8 Å². The van der Waals surface area contributed by atoms with Crippen molar-refractivity contribution in [1.29, 1.82) is 0 Å². The third kappa shape index (κ3) is 5.13. The molecule has 0 fully saturated rings. The number of rotatable bonds is 5. The smallest absolute Gasteiger partial charge is 0.329 e. The minimum absolute atomic E-state index is 0.448. The Labute approximate surface area is 185 Å². The molecule has 0 atom stereocenters. The number of nitrogens with zero attached hydrogens (tertiary/aromatic N) is 2. The molecule has 3 aromatic rings. The fourth-order valence-corrected chi connectivity index (χ4v) is 3.38. The average molecular weight is 439 g/mol. The summed E-state index contributed by atoms with van der Waals surface area (Å²) in [4.78, 5) is 24.1. The molecule has 2 aromatic carbocycles. The second kappa shape index (κ2) is 9.49. The maximum atomic E-state index is 12.1. The van der Waals surface area contributed by atoms with Gasteiger partial charge in [-0.15, -0.1) is 0 Å². The van der Waals surface area contributed by atoms with Gasteiger partial charge in [0.25, 0.3) is 0 Å². The Morgan fingerprint density at radius 3 is 2.58 bits per heavy atom. The number of hydrogen-bond donors (Lipinski definition) is 2. The van der Waals surface area contributed by atoms with Gasteiger partial charge in [-0.1, -0.05) is 23.7 Å². The zero-order valence-corrected chi connectivity index (χ0v) is 18.4. The number of aromatic nitrogens is 1. The Morgan fingerprint density at radius 1 is 1.06 bits per heavy atom. The summed E-state index contributed by atoms with van der Waals surface area (Å²) in [5, 5.41) is 7.09. The molecule has 0 aliphatic heterocycles. The first kappa shape index (κ1) is 22.1. The van der Waals surface area contributed by atoms with E-state index in [4.69, 9.17) is 16.3 Å². The Kier molecular flexibility index (Phi) is 6.77. The zero-order chi connectivity index (χ0) is 22.5. The van der Waals surface area contributed by atoms with Crippen LogP contribution in [0.3, 0.4) is 0 Å². The van der Waals surface area contributed by atoms with Gasteiger partial charge < -0.3 is 14.6 Å². The molecule has 0 bridgehead atoms. The van der Waals surface area contributed by atoms with Crippen molar-refractivity contribution in [1.82, 2.24) is 9.99 Å². The molecule has 0 aliphatic carbocycles. The van der Waals surface area contributed by atoms with Crippen LogP contribution in [0.2, 0.25) is 5.02 Å². The molecule has 0 spiro atoms. The minimum atomic E-state index is -0.876. The Bertz CT molecular complexity index is 1170. The second-order valence-corrected chi connectivity index (χ2v) is 7.41. The summed E-state index contributed by atoms with van der Waals surface area (Å²) in [5.74, 6) is -1.13. The van der Waals surface area contributed by atoms with Gasteiger partial charge in [-0.3, -0.25) is 9.59 Å². The van der Waals surface area contributed by atoms with E-state index in [2.05, 4.69) is 20.4 Å². The molecule has 31 heavy (non-hydrogen) atoms. The first-order valence-electron chi connectivity index (χ1n) is 9.54. The predicted molar refractivity (Wildman–Crippen MR) is 122 cm³/mol. The molecule has 0 saturated heterocycles. The van der Waals surface area contributed by atoms with E-state index in [9.17, 15) is 9.59 Å². The molecule has 0 aliphatic rings. The normalized spacial score (nSPS) is 10.9. The van der Waals surface area contributed by atoms with E-state index < -0.39 is 11.8 Å². The summed E-state index contributed by atoms with van der Waals surface area (Å²) in [6.45, 7) is 5.94. The molecule has 2 N–H and O–H groups in total. The molecule has 1 heterocycles. The van der Waals surface area contributed by atoms with E-state index in [-0.39, 0.29) is 0 Å². The largest absolute Gasteiger partial charge is 0.497 e. The maximum absolute atomic E-state index is 12.1. The zero-order valence-electron chi connectivity index (χ0n) is 17.7. The number of methoxy groups -OCH3 is 1. The molecule has 7 nitrogen and oxygen atoms in total. The summed E-state index contributed by atoms with van der Waals surface area (Å²) in [5.41, 5.74) is 7.49. The fourth-order valence-electron chi connectivity index (χ4n) is 3.21. The van der Waals surface area contributed by atoms with Crippen LogP contribution in [-0.2, 0) is 9.59 Å². The van der Waals surface area contributed by atoms with Crippen molar-refractivity contribution in [3.63, 3.8) is 0 Å². The molecule has 0 unspecified atom stereocenters. The molecule has 2 amide bonds. The number of carbonyl (C=O) groups is 2. The number of anilines is 1. The van der Waals surface area contributed by atoms with Gasteiger partial charge in [0.05, 0.1) is 13.3 Å². The lowest BCUT2D eigenvalue weighted by Crippen LogP contribution is -2.32. The van der Waals surface area contributed by atoms with Gasteiger partial charge in [0.15, 0.2) is 0 Å². The van der Waals surface area contributed by atoms with Gasteiger partial charge in [-0.2, -0.15) is 5.10 Å². The van der Waals surface area contributed by atoms with Crippen molar-refractivity contribution in [2.24, 2.45) is 5.10 Å². The van der Waals surface area contributed by atoms with Gasteiger partial charge in [0.2, 0.25) is 0 Å². The summed E-state index contributed by atoms with van der Waals surface area (Å²) in [6.07, 6.45) is 1.51. The van der Waals surface area contributed by atoms with Gasteiger partial charge in [0.1, 0.15) is 5.75 Å². The summed E-state index contributed by atoms with van der Waals surface area (Å²) >= 11 is 6.17. The molecular weight excluding hydrogens is 416 g/mol. The standard InChI is InChI=1S/C23H23ClN4O3/c1-14-8-9-18(24)11-21(14)28-15(2)10-17(16(28)3)13-25-27-23(30)22(29)26-19-6-5-7-20(12-19)31-4/h5-13H,1-4H3,(H,26,29)(H,27,30)/b25-13+. The Morgan fingerprint density at radius 2 is 1.84 bits per heavy atom. The molecule has 3 rings (SSSR count). The van der Waals surface area contributed by atoms with Crippen molar-refractivity contribution in [3.05, 3.63) is 76.1 Å². The van der Waals surface area contributed by atoms with E-state index in [0.29, 0.717) is 16.5 Å². The first-order chi connectivity index (χ1) is 14.8. The van der Waals surface area contributed by atoms with E-state index in [1.807, 2.05) is 45.0 Å². The van der Waals surface area contributed by atoms with Crippen LogP contribution >= 0.6 is 11.6 Å². The van der Waals surface area contributed by atoms with Crippen LogP contribution in [0.1, 0.15) is 22.5 Å². The number of hydrogen-bond acceptors (Lipinski definition) is 4. The van der Waals surface area contributed by atoms with Gasteiger partial charge in [-0.25, -0.2) is 5.43 Å². The van der Waals surface area contributed by atoms with E-state index in [1.54, 1.807) is 24.3 Å². The maximum Gasteiger partial charge on any atom is 0.329 e. The van der Waals surface area contributed by atoms with Crippen LogP contribution in [0.15, 0.2) is 53.6 Å². The number of carbonyl (C=O) groups excluding carboxylic acids is 2. The first-order valence-corrected chi connectivity index (χ1v) is 9.92. The van der Waals surface area contributed by atoms with Crippen molar-refractivity contribution >= 4 is 35.3 Å². The number of amides is 2. The van der Waals surface area contributed by atoms with Crippen LogP contribution in [0.5, 0.6) is 5.75 Å². The number of benzene rings is 2. The highest BCUT2D eigenvalue weighted by Crippen LogP contribution is 2.25. The highest BCUT2D eigenvalue weighted by molar-refractivity contribution is 6.39. The van der Waals surface area contributed by atoms with Crippen LogP contribution in [-0.4, -0.2) is 29.7 Å². The number of halogens is 1. The average Bonchev–Trinajstić information content (AvgIpc) is 3.03. The van der Waals surface area contributed by atoms with Gasteiger partial charge in [-0.05, 0) is 56.7 Å². The van der Waals surface area contributed by atoms with Crippen LogP contribution < -0.4 is 15.5 Å². The van der Waals surface area contributed by atoms with Crippen molar-refractivity contribution in [2.45, 2.75) is 20.8 Å². The van der Waals surface area contributed by atoms with Crippen molar-refractivity contribution in [3.8, 4) is 11.4 Å². The SMILES string of the molecule is COc1cccc(NC(=O)C(=O)N/N=C/c2cc(C)n(-c3cc(Cl)ccc3C)c2C)c1. The number of ether oxygens (including phenoxy) is 1. The quantitative estimate of drug-likeness (QED) is 0.356. The lowest BCUT2D eigenvalue weighted by atomic mass is 10.2. The molecule has 0 saturated carbocycles. The Hall–Kier alpha value is -3.58. The molecule has 1 aromatic heterocycles. The summed E-state index contributed by atoms with van der Waals surface area (Å²) < 4.78 is 7.16. The lowest BCUT2D eigenvalue weighted by Gasteiger charge is -2.13. The summed E-state index contributed by atoms with van der Waals surface area (Å²) in [6, 6.07) is 14.4. The van der Waals surface area contributed by atoms with E-state index >= 15 is 0 Å². The lowest BCUT2D eigenvalue weighted by molar-refractivity contribution is -0.136. The number of hydrazone groups is 1. The monoisotopic (exact) mass is 438 g/mol.